The van der Waals surface area contributed by atoms with Crippen LogP contribution >= 0.6 is 0 Å². The molecule has 0 atom stereocenters. The van der Waals surface area contributed by atoms with Gasteiger partial charge in [-0.05, 0) is 31.2 Å². The van der Waals surface area contributed by atoms with Gasteiger partial charge in [0.15, 0.2) is 0 Å². The predicted octanol–water partition coefficient (Wildman–Crippen LogP) is 2.59. The third-order valence-corrected chi connectivity index (χ3v) is 4.52. The molecule has 0 bridgehead atoms. The normalized spacial score (nSPS) is 14.8. The summed E-state index contributed by atoms with van der Waals surface area (Å²) in [5.74, 6) is 0.738. The number of amides is 2. The highest BCUT2D eigenvalue weighted by Gasteiger charge is 2.25. The van der Waals surface area contributed by atoms with Gasteiger partial charge in [-0.25, -0.2) is 4.79 Å². The number of rotatable bonds is 6. The van der Waals surface area contributed by atoms with E-state index in [0.717, 1.165) is 11.4 Å². The van der Waals surface area contributed by atoms with Crippen LogP contribution in [0.15, 0.2) is 53.1 Å². The Balaban J connectivity index is 1.61. The number of carbonyl (C=O) groups excluding carboxylic acids is 2. The van der Waals surface area contributed by atoms with Gasteiger partial charge in [0, 0.05) is 31.9 Å². The van der Waals surface area contributed by atoms with Gasteiger partial charge in [-0.3, -0.25) is 9.69 Å². The molecule has 1 aromatic carbocycles. The molecule has 0 radical (unpaired) electrons. The number of anilines is 1. The Morgan fingerprint density at radius 3 is 2.44 bits per heavy atom. The Hall–Kier alpha value is -2.80. The molecule has 0 saturated carbocycles. The fourth-order valence-electron chi connectivity index (χ4n) is 3.07. The summed E-state index contributed by atoms with van der Waals surface area (Å²) in [7, 11) is 0. The SMILES string of the molecule is CCOC(=O)N1CCN(CC(=O)N(Cc2ccco2)c2ccccc2)CC1. The highest BCUT2D eigenvalue weighted by molar-refractivity contribution is 5.94. The third kappa shape index (κ3) is 5.10. The molecular formula is C20H25N3O4. The number of hydrogen-bond donors (Lipinski definition) is 0. The van der Waals surface area contributed by atoms with E-state index < -0.39 is 0 Å². The number of benzene rings is 1. The zero-order chi connectivity index (χ0) is 19.1. The molecule has 0 spiro atoms. The van der Waals surface area contributed by atoms with Gasteiger partial charge >= 0.3 is 6.09 Å². The number of para-hydroxylation sites is 1. The van der Waals surface area contributed by atoms with Crippen molar-refractivity contribution in [2.45, 2.75) is 13.5 Å². The Kier molecular flexibility index (Phi) is 6.49. The first-order chi connectivity index (χ1) is 13.2. The van der Waals surface area contributed by atoms with Crippen molar-refractivity contribution in [1.82, 2.24) is 9.80 Å². The lowest BCUT2D eigenvalue weighted by Crippen LogP contribution is -2.51. The first-order valence-electron chi connectivity index (χ1n) is 9.19. The van der Waals surface area contributed by atoms with Gasteiger partial charge < -0.3 is 19.0 Å². The molecule has 1 aromatic heterocycles. The van der Waals surface area contributed by atoms with Crippen molar-refractivity contribution in [2.75, 3.05) is 44.2 Å². The number of hydrogen-bond acceptors (Lipinski definition) is 5. The van der Waals surface area contributed by atoms with E-state index in [1.807, 2.05) is 42.5 Å². The second-order valence-electron chi connectivity index (χ2n) is 6.36. The van der Waals surface area contributed by atoms with E-state index in [-0.39, 0.29) is 12.0 Å². The van der Waals surface area contributed by atoms with E-state index in [1.54, 1.807) is 23.0 Å². The van der Waals surface area contributed by atoms with Crippen LogP contribution in [0.2, 0.25) is 0 Å². The maximum atomic E-state index is 13.0. The van der Waals surface area contributed by atoms with Crippen LogP contribution in [0.1, 0.15) is 12.7 Å². The van der Waals surface area contributed by atoms with Crippen LogP contribution in [-0.2, 0) is 16.1 Å². The molecule has 7 heteroatoms. The third-order valence-electron chi connectivity index (χ3n) is 4.52. The largest absolute Gasteiger partial charge is 0.467 e. The summed E-state index contributed by atoms with van der Waals surface area (Å²) < 4.78 is 10.5. The molecule has 2 heterocycles. The lowest BCUT2D eigenvalue weighted by Gasteiger charge is -2.34. The summed E-state index contributed by atoms with van der Waals surface area (Å²) in [6, 6.07) is 13.3. The quantitative estimate of drug-likeness (QED) is 0.781. The lowest BCUT2D eigenvalue weighted by atomic mass is 10.2. The standard InChI is InChI=1S/C20H25N3O4/c1-2-26-20(25)22-12-10-21(11-13-22)16-19(24)23(15-18-9-6-14-27-18)17-7-4-3-5-8-17/h3-9,14H,2,10-13,15-16H2,1H3. The minimum absolute atomic E-state index is 0.00202. The zero-order valence-corrected chi connectivity index (χ0v) is 15.5. The molecule has 144 valence electrons. The highest BCUT2D eigenvalue weighted by Crippen LogP contribution is 2.18. The number of nitrogens with zero attached hydrogens (tertiary/aromatic N) is 3. The Morgan fingerprint density at radius 1 is 1.07 bits per heavy atom. The Labute approximate surface area is 159 Å². The number of piperazine rings is 1. The first kappa shape index (κ1) is 19.0. The molecule has 2 aromatic rings. The van der Waals surface area contributed by atoms with Crippen molar-refractivity contribution >= 4 is 17.7 Å². The van der Waals surface area contributed by atoms with E-state index in [4.69, 9.17) is 9.15 Å². The molecule has 0 N–H and O–H groups in total. The first-order valence-corrected chi connectivity index (χ1v) is 9.19. The van der Waals surface area contributed by atoms with Crippen LogP contribution in [0.5, 0.6) is 0 Å². The van der Waals surface area contributed by atoms with Gasteiger partial charge in [0.2, 0.25) is 5.91 Å². The molecule has 1 fully saturated rings. The van der Waals surface area contributed by atoms with Gasteiger partial charge in [0.05, 0.1) is 26.0 Å². The molecule has 1 aliphatic rings. The van der Waals surface area contributed by atoms with Gasteiger partial charge in [0.1, 0.15) is 5.76 Å². The highest BCUT2D eigenvalue weighted by atomic mass is 16.6. The van der Waals surface area contributed by atoms with Crippen LogP contribution in [0.25, 0.3) is 0 Å². The van der Waals surface area contributed by atoms with Gasteiger partial charge in [-0.2, -0.15) is 0 Å². The summed E-state index contributed by atoms with van der Waals surface area (Å²) in [5.41, 5.74) is 0.837. The van der Waals surface area contributed by atoms with Crippen LogP contribution in [0.3, 0.4) is 0 Å². The molecule has 2 amide bonds. The monoisotopic (exact) mass is 371 g/mol. The van der Waals surface area contributed by atoms with Crippen molar-refractivity contribution in [3.8, 4) is 0 Å². The molecule has 0 unspecified atom stereocenters. The zero-order valence-electron chi connectivity index (χ0n) is 15.5. The Morgan fingerprint density at radius 2 is 1.81 bits per heavy atom. The summed E-state index contributed by atoms with van der Waals surface area (Å²) in [6.45, 7) is 5.28. The summed E-state index contributed by atoms with van der Waals surface area (Å²) in [6.07, 6.45) is 1.32. The van der Waals surface area contributed by atoms with Crippen molar-refractivity contribution in [1.29, 1.82) is 0 Å². The lowest BCUT2D eigenvalue weighted by molar-refractivity contribution is -0.120. The van der Waals surface area contributed by atoms with Gasteiger partial charge in [-0.1, -0.05) is 18.2 Å². The van der Waals surface area contributed by atoms with Crippen LogP contribution in [-0.4, -0.2) is 61.1 Å². The molecule has 1 saturated heterocycles. The molecule has 27 heavy (non-hydrogen) atoms. The smallest absolute Gasteiger partial charge is 0.409 e. The minimum Gasteiger partial charge on any atom is -0.467 e. The average Bonchev–Trinajstić information content (AvgIpc) is 3.21. The Bertz CT molecular complexity index is 725. The van der Waals surface area contributed by atoms with E-state index in [9.17, 15) is 9.59 Å². The topological polar surface area (TPSA) is 66.2 Å². The van der Waals surface area contributed by atoms with Crippen LogP contribution in [0, 0.1) is 0 Å². The van der Waals surface area contributed by atoms with E-state index in [2.05, 4.69) is 4.90 Å². The van der Waals surface area contributed by atoms with Gasteiger partial charge in [-0.15, -0.1) is 0 Å². The average molecular weight is 371 g/mol. The van der Waals surface area contributed by atoms with Crippen molar-refractivity contribution in [3.05, 3.63) is 54.5 Å². The molecule has 3 rings (SSSR count). The molecule has 7 nitrogen and oxygen atoms in total. The molecule has 1 aliphatic heterocycles. The molecule has 0 aliphatic carbocycles. The van der Waals surface area contributed by atoms with E-state index >= 15 is 0 Å². The maximum absolute atomic E-state index is 13.0. The summed E-state index contributed by atoms with van der Waals surface area (Å²) >= 11 is 0. The van der Waals surface area contributed by atoms with Gasteiger partial charge in [0.25, 0.3) is 0 Å². The number of carbonyl (C=O) groups is 2. The van der Waals surface area contributed by atoms with E-state index in [1.165, 1.54) is 0 Å². The summed E-state index contributed by atoms with van der Waals surface area (Å²) in [4.78, 5) is 30.3. The van der Waals surface area contributed by atoms with Crippen LogP contribution < -0.4 is 4.90 Å². The predicted molar refractivity (Wildman–Crippen MR) is 101 cm³/mol. The summed E-state index contributed by atoms with van der Waals surface area (Å²) in [5, 5.41) is 0. The van der Waals surface area contributed by atoms with Crippen molar-refractivity contribution in [3.63, 3.8) is 0 Å². The number of ether oxygens (including phenoxy) is 1. The minimum atomic E-state index is -0.285. The van der Waals surface area contributed by atoms with E-state index in [0.29, 0.717) is 45.9 Å². The van der Waals surface area contributed by atoms with Crippen LogP contribution in [0.4, 0.5) is 10.5 Å². The maximum Gasteiger partial charge on any atom is 0.409 e. The number of furan rings is 1. The fraction of sp³-hybridized carbons (Fsp3) is 0.400. The second-order valence-corrected chi connectivity index (χ2v) is 6.36. The van der Waals surface area contributed by atoms with Crippen molar-refractivity contribution < 1.29 is 18.7 Å². The molecular weight excluding hydrogens is 346 g/mol. The second kappa shape index (κ2) is 9.23. The fourth-order valence-corrected chi connectivity index (χ4v) is 3.07. The van der Waals surface area contributed by atoms with Crippen molar-refractivity contribution in [2.24, 2.45) is 0 Å².